The molecule has 208 valence electrons. The Labute approximate surface area is 245 Å². The number of benzene rings is 4. The molecule has 42 heavy (non-hydrogen) atoms. The van der Waals surface area contributed by atoms with Gasteiger partial charge in [0.25, 0.3) is 0 Å². The third-order valence-corrected chi connectivity index (χ3v) is 9.36. The van der Waals surface area contributed by atoms with Crippen LogP contribution in [0.3, 0.4) is 0 Å². The van der Waals surface area contributed by atoms with Crippen LogP contribution >= 0.6 is 0 Å². The summed E-state index contributed by atoms with van der Waals surface area (Å²) in [5.41, 5.74) is 7.23. The molecule has 0 radical (unpaired) electrons. The summed E-state index contributed by atoms with van der Waals surface area (Å²) in [5.74, 6) is -1.60. The Bertz CT molecular complexity index is 1820. The highest BCUT2D eigenvalue weighted by molar-refractivity contribution is 6.18. The zero-order chi connectivity index (χ0) is 29.3. The summed E-state index contributed by atoms with van der Waals surface area (Å²) < 4.78 is 0. The zero-order valence-electron chi connectivity index (χ0n) is 24.1. The van der Waals surface area contributed by atoms with E-state index >= 15 is 0 Å². The number of allylic oxidation sites excluding steroid dienone is 1. The first-order valence-corrected chi connectivity index (χ1v) is 14.4. The quantitative estimate of drug-likeness (QED) is 0.281. The summed E-state index contributed by atoms with van der Waals surface area (Å²) in [7, 11) is 0. The monoisotopic (exact) mass is 552 g/mol. The van der Waals surface area contributed by atoms with Gasteiger partial charge in [-0.1, -0.05) is 95.6 Å². The van der Waals surface area contributed by atoms with E-state index in [1.807, 2.05) is 113 Å². The summed E-state index contributed by atoms with van der Waals surface area (Å²) >= 11 is 0. The van der Waals surface area contributed by atoms with Crippen LogP contribution in [-0.2, 0) is 10.2 Å². The number of Topliss-reactive ketones (excluding diaryl/α,β-unsaturated/α-hetero) is 2. The molecule has 0 aliphatic carbocycles. The molecule has 4 aromatic rings. The van der Waals surface area contributed by atoms with Gasteiger partial charge in [-0.25, -0.2) is 0 Å². The van der Waals surface area contributed by atoms with Crippen LogP contribution in [0.25, 0.3) is 5.57 Å². The van der Waals surface area contributed by atoms with Gasteiger partial charge in [0.05, 0.1) is 12.0 Å². The Morgan fingerprint density at radius 1 is 0.738 bits per heavy atom. The third kappa shape index (κ3) is 3.59. The number of hydrogen-bond donors (Lipinski definition) is 1. The zero-order valence-corrected chi connectivity index (χ0v) is 24.1. The van der Waals surface area contributed by atoms with Gasteiger partial charge < -0.3 is 10.2 Å². The van der Waals surface area contributed by atoms with Crippen LogP contribution in [0.5, 0.6) is 0 Å². The lowest BCUT2D eigenvalue weighted by atomic mass is 9.64. The molecule has 0 aromatic heterocycles. The van der Waals surface area contributed by atoms with Crippen molar-refractivity contribution < 1.29 is 14.4 Å². The molecule has 1 spiro atoms. The number of hydrogen-bond acceptors (Lipinski definition) is 4. The summed E-state index contributed by atoms with van der Waals surface area (Å²) in [6, 6.07) is 27.3. The van der Waals surface area contributed by atoms with Gasteiger partial charge >= 0.3 is 0 Å². The molecule has 0 bridgehead atoms. The fourth-order valence-electron chi connectivity index (χ4n) is 7.33. The summed E-state index contributed by atoms with van der Waals surface area (Å²) in [4.78, 5) is 46.2. The molecule has 1 amide bonds. The topological polar surface area (TPSA) is 66.5 Å². The molecule has 3 aliphatic rings. The van der Waals surface area contributed by atoms with Gasteiger partial charge in [0, 0.05) is 28.1 Å². The maximum atomic E-state index is 14.9. The van der Waals surface area contributed by atoms with E-state index in [0.717, 1.165) is 39.1 Å². The molecular formula is C37H32N2O3. The molecule has 1 N–H and O–H groups in total. The average Bonchev–Trinajstić information content (AvgIpc) is 3.45. The van der Waals surface area contributed by atoms with E-state index in [1.54, 1.807) is 0 Å². The van der Waals surface area contributed by atoms with Crippen molar-refractivity contribution in [2.24, 2.45) is 5.92 Å². The predicted molar refractivity (Wildman–Crippen MR) is 166 cm³/mol. The van der Waals surface area contributed by atoms with Crippen molar-refractivity contribution >= 4 is 34.4 Å². The summed E-state index contributed by atoms with van der Waals surface area (Å²) in [6.45, 7) is 8.05. The van der Waals surface area contributed by atoms with Gasteiger partial charge in [-0.15, -0.1) is 0 Å². The van der Waals surface area contributed by atoms with Crippen molar-refractivity contribution in [1.29, 1.82) is 0 Å². The molecule has 0 unspecified atom stereocenters. The third-order valence-electron chi connectivity index (χ3n) is 9.36. The average molecular weight is 553 g/mol. The number of aryl methyl sites for hydroxylation is 3. The van der Waals surface area contributed by atoms with Crippen molar-refractivity contribution in [3.05, 3.63) is 136 Å². The van der Waals surface area contributed by atoms with Crippen LogP contribution < -0.4 is 10.2 Å². The minimum absolute atomic E-state index is 0.168. The molecule has 1 saturated heterocycles. The SMILES string of the molecule is CC1=C[C@H]2N(c3ccc(C)cc31)[C@H](C(=O)c1ccc(C)cc1)[C@@H](C(=O)c1ccc(C)cc1)[C@]21C(=O)Nc2ccccc21. The minimum atomic E-state index is -1.31. The van der Waals surface area contributed by atoms with Crippen LogP contribution in [0.4, 0.5) is 11.4 Å². The first-order valence-electron chi connectivity index (χ1n) is 14.4. The Hall–Kier alpha value is -4.77. The van der Waals surface area contributed by atoms with Gasteiger partial charge in [-0.3, -0.25) is 14.4 Å². The lowest BCUT2D eigenvalue weighted by molar-refractivity contribution is -0.121. The highest BCUT2D eigenvalue weighted by Gasteiger charge is 2.70. The Balaban J connectivity index is 1.55. The van der Waals surface area contributed by atoms with Crippen LogP contribution in [0.1, 0.15) is 55.5 Å². The lowest BCUT2D eigenvalue weighted by Gasteiger charge is -2.39. The number of para-hydroxylation sites is 1. The molecule has 1 fully saturated rings. The van der Waals surface area contributed by atoms with Crippen molar-refractivity contribution in [1.82, 2.24) is 0 Å². The molecule has 7 rings (SSSR count). The fourth-order valence-corrected chi connectivity index (χ4v) is 7.33. The van der Waals surface area contributed by atoms with Gasteiger partial charge in [-0.05, 0) is 57.0 Å². The standard InChI is InChI=1S/C37H32N2O3/c1-21-9-14-25(15-10-21)34(40)32-33(35(41)26-16-11-22(2)12-17-26)39-30-18-13-23(3)19-27(30)24(4)20-31(39)37(32)28-7-5-6-8-29(28)38-36(37)42/h5-20,31-33H,1-4H3,(H,38,42)/t31-,32+,33+,37-/m1/s1. The van der Waals surface area contributed by atoms with Crippen LogP contribution in [0, 0.1) is 26.7 Å². The molecule has 4 atom stereocenters. The molecule has 3 aliphatic heterocycles. The van der Waals surface area contributed by atoms with E-state index in [0.29, 0.717) is 16.8 Å². The minimum Gasteiger partial charge on any atom is -0.352 e. The van der Waals surface area contributed by atoms with E-state index in [1.165, 1.54) is 0 Å². The van der Waals surface area contributed by atoms with Crippen LogP contribution in [-0.4, -0.2) is 29.6 Å². The number of carbonyl (C=O) groups is 3. The predicted octanol–water partition coefficient (Wildman–Crippen LogP) is 6.86. The van der Waals surface area contributed by atoms with E-state index < -0.39 is 23.4 Å². The second kappa shape index (κ2) is 9.38. The van der Waals surface area contributed by atoms with E-state index in [2.05, 4.69) is 22.4 Å². The number of ketones is 2. The molecule has 5 heteroatoms. The Morgan fingerprint density at radius 3 is 2.00 bits per heavy atom. The molecule has 4 aromatic carbocycles. The maximum absolute atomic E-state index is 14.9. The Kier molecular flexibility index (Phi) is 5.84. The summed E-state index contributed by atoms with van der Waals surface area (Å²) in [5, 5.41) is 3.10. The normalized spacial score (nSPS) is 23.6. The van der Waals surface area contributed by atoms with Gasteiger partial charge in [-0.2, -0.15) is 0 Å². The van der Waals surface area contributed by atoms with E-state index in [-0.39, 0.29) is 17.5 Å². The number of nitrogens with zero attached hydrogens (tertiary/aromatic N) is 1. The number of carbonyl (C=O) groups excluding carboxylic acids is 3. The molecule has 3 heterocycles. The van der Waals surface area contributed by atoms with Crippen molar-refractivity contribution in [2.45, 2.75) is 45.2 Å². The molecule has 5 nitrogen and oxygen atoms in total. The molecular weight excluding hydrogens is 520 g/mol. The number of nitrogens with one attached hydrogen (secondary N) is 1. The molecule has 0 saturated carbocycles. The van der Waals surface area contributed by atoms with Crippen molar-refractivity contribution in [2.75, 3.05) is 10.2 Å². The smallest absolute Gasteiger partial charge is 0.238 e. The van der Waals surface area contributed by atoms with E-state index in [9.17, 15) is 14.4 Å². The van der Waals surface area contributed by atoms with Gasteiger partial charge in [0.2, 0.25) is 5.91 Å². The van der Waals surface area contributed by atoms with E-state index in [4.69, 9.17) is 0 Å². The van der Waals surface area contributed by atoms with Crippen molar-refractivity contribution in [3.8, 4) is 0 Å². The first-order chi connectivity index (χ1) is 20.2. The Morgan fingerprint density at radius 2 is 1.33 bits per heavy atom. The first kappa shape index (κ1) is 26.1. The fraction of sp³-hybridized carbons (Fsp3) is 0.216. The highest BCUT2D eigenvalue weighted by Crippen LogP contribution is 2.58. The van der Waals surface area contributed by atoms with Crippen LogP contribution in [0.2, 0.25) is 0 Å². The van der Waals surface area contributed by atoms with Gasteiger partial charge in [0.15, 0.2) is 11.6 Å². The number of anilines is 2. The second-order valence-electron chi connectivity index (χ2n) is 12.0. The number of fused-ring (bicyclic) bond motifs is 6. The van der Waals surface area contributed by atoms with Crippen molar-refractivity contribution in [3.63, 3.8) is 0 Å². The highest BCUT2D eigenvalue weighted by atomic mass is 16.2. The van der Waals surface area contributed by atoms with Gasteiger partial charge in [0.1, 0.15) is 11.5 Å². The number of amides is 1. The number of rotatable bonds is 4. The lowest BCUT2D eigenvalue weighted by Crippen LogP contribution is -2.51. The second-order valence-corrected chi connectivity index (χ2v) is 12.0. The van der Waals surface area contributed by atoms with Crippen LogP contribution in [0.15, 0.2) is 97.1 Å². The summed E-state index contributed by atoms with van der Waals surface area (Å²) in [6.07, 6.45) is 2.10. The largest absolute Gasteiger partial charge is 0.352 e. The maximum Gasteiger partial charge on any atom is 0.238 e.